The molecule has 1 unspecified atom stereocenters. The standard InChI is InChI=1S/C14H14FNO2/c15-13-8-12(5-4-11(13)9-16)18-7-6-10-2-1-3-14(10)17/h4-5,8,10H,1-3,6-7H2. The number of nitrogens with zero attached hydrogens (tertiary/aromatic N) is 1. The maximum absolute atomic E-state index is 13.3. The van der Waals surface area contributed by atoms with Gasteiger partial charge in [0, 0.05) is 18.4 Å². The summed E-state index contributed by atoms with van der Waals surface area (Å²) in [6.45, 7) is 0.405. The van der Waals surface area contributed by atoms with Crippen molar-refractivity contribution in [3.05, 3.63) is 29.6 Å². The lowest BCUT2D eigenvalue weighted by Gasteiger charge is -2.09. The summed E-state index contributed by atoms with van der Waals surface area (Å²) in [6, 6.07) is 5.92. The Bertz CT molecular complexity index is 493. The first-order valence-corrected chi connectivity index (χ1v) is 6.06. The average molecular weight is 247 g/mol. The lowest BCUT2D eigenvalue weighted by molar-refractivity contribution is -0.121. The predicted molar refractivity (Wildman–Crippen MR) is 63.6 cm³/mol. The summed E-state index contributed by atoms with van der Waals surface area (Å²) in [4.78, 5) is 11.4. The number of hydrogen-bond donors (Lipinski definition) is 0. The van der Waals surface area contributed by atoms with Crippen LogP contribution in [-0.4, -0.2) is 12.4 Å². The lowest BCUT2D eigenvalue weighted by Crippen LogP contribution is -2.11. The molecule has 0 saturated heterocycles. The number of Topliss-reactive ketones (excluding diaryl/α,β-unsaturated/α-hetero) is 1. The topological polar surface area (TPSA) is 50.1 Å². The third-order valence-electron chi connectivity index (χ3n) is 3.23. The van der Waals surface area contributed by atoms with E-state index >= 15 is 0 Å². The normalized spacial score (nSPS) is 18.7. The van der Waals surface area contributed by atoms with E-state index in [0.717, 1.165) is 12.8 Å². The smallest absolute Gasteiger partial charge is 0.144 e. The molecular formula is C14H14FNO2. The second kappa shape index (κ2) is 5.63. The average Bonchev–Trinajstić information content (AvgIpc) is 2.75. The fourth-order valence-corrected chi connectivity index (χ4v) is 2.19. The monoisotopic (exact) mass is 247 g/mol. The van der Waals surface area contributed by atoms with Crippen molar-refractivity contribution in [1.82, 2.24) is 0 Å². The highest BCUT2D eigenvalue weighted by atomic mass is 19.1. The van der Waals surface area contributed by atoms with E-state index in [-0.39, 0.29) is 11.5 Å². The van der Waals surface area contributed by atoms with Gasteiger partial charge in [0.25, 0.3) is 0 Å². The molecule has 0 aliphatic heterocycles. The number of rotatable bonds is 4. The van der Waals surface area contributed by atoms with Gasteiger partial charge in [0.15, 0.2) is 0 Å². The quantitative estimate of drug-likeness (QED) is 0.822. The van der Waals surface area contributed by atoms with Crippen LogP contribution in [0.3, 0.4) is 0 Å². The Morgan fingerprint density at radius 3 is 2.94 bits per heavy atom. The van der Waals surface area contributed by atoms with E-state index in [0.29, 0.717) is 31.0 Å². The van der Waals surface area contributed by atoms with E-state index in [1.807, 2.05) is 0 Å². The largest absolute Gasteiger partial charge is 0.493 e. The lowest BCUT2D eigenvalue weighted by atomic mass is 10.0. The van der Waals surface area contributed by atoms with Crippen LogP contribution in [0.15, 0.2) is 18.2 Å². The van der Waals surface area contributed by atoms with Crippen LogP contribution >= 0.6 is 0 Å². The van der Waals surface area contributed by atoms with Gasteiger partial charge in [-0.05, 0) is 31.4 Å². The van der Waals surface area contributed by atoms with Crippen LogP contribution in [0.5, 0.6) is 5.75 Å². The van der Waals surface area contributed by atoms with Crippen LogP contribution < -0.4 is 4.74 Å². The SMILES string of the molecule is N#Cc1ccc(OCCC2CCCC2=O)cc1F. The van der Waals surface area contributed by atoms with Gasteiger partial charge in [0.1, 0.15) is 23.4 Å². The van der Waals surface area contributed by atoms with Gasteiger partial charge < -0.3 is 4.74 Å². The second-order valence-corrected chi connectivity index (χ2v) is 4.45. The minimum atomic E-state index is -0.577. The molecular weight excluding hydrogens is 233 g/mol. The van der Waals surface area contributed by atoms with E-state index in [9.17, 15) is 9.18 Å². The summed E-state index contributed by atoms with van der Waals surface area (Å²) in [5, 5.41) is 8.59. The van der Waals surface area contributed by atoms with Crippen molar-refractivity contribution in [2.45, 2.75) is 25.7 Å². The third kappa shape index (κ3) is 2.86. The number of carbonyl (C=O) groups is 1. The number of ketones is 1. The molecule has 0 N–H and O–H groups in total. The summed E-state index contributed by atoms with van der Waals surface area (Å²) >= 11 is 0. The zero-order valence-electron chi connectivity index (χ0n) is 9.99. The molecule has 1 saturated carbocycles. The Labute approximate surface area is 105 Å². The fraction of sp³-hybridized carbons (Fsp3) is 0.429. The van der Waals surface area contributed by atoms with Crippen molar-refractivity contribution < 1.29 is 13.9 Å². The van der Waals surface area contributed by atoms with Crippen LogP contribution in [-0.2, 0) is 4.79 Å². The first kappa shape index (κ1) is 12.6. The zero-order valence-corrected chi connectivity index (χ0v) is 9.99. The number of ether oxygens (including phenoxy) is 1. The molecule has 1 aromatic rings. The molecule has 18 heavy (non-hydrogen) atoms. The Kier molecular flexibility index (Phi) is 3.93. The summed E-state index contributed by atoms with van der Waals surface area (Å²) in [5.74, 6) is 0.238. The first-order chi connectivity index (χ1) is 8.70. The molecule has 0 amide bonds. The van der Waals surface area contributed by atoms with Crippen molar-refractivity contribution in [2.24, 2.45) is 5.92 Å². The summed E-state index contributed by atoms with van der Waals surface area (Å²) in [7, 11) is 0. The summed E-state index contributed by atoms with van der Waals surface area (Å²) < 4.78 is 18.7. The number of hydrogen-bond acceptors (Lipinski definition) is 3. The molecule has 3 nitrogen and oxygen atoms in total. The van der Waals surface area contributed by atoms with Crippen molar-refractivity contribution in [2.75, 3.05) is 6.61 Å². The van der Waals surface area contributed by atoms with Crippen LogP contribution in [0, 0.1) is 23.1 Å². The van der Waals surface area contributed by atoms with Gasteiger partial charge in [-0.15, -0.1) is 0 Å². The highest BCUT2D eigenvalue weighted by molar-refractivity contribution is 5.82. The Morgan fingerprint density at radius 1 is 1.50 bits per heavy atom. The van der Waals surface area contributed by atoms with E-state index in [2.05, 4.69) is 0 Å². The molecule has 1 fully saturated rings. The summed E-state index contributed by atoms with van der Waals surface area (Å²) in [6.07, 6.45) is 3.26. The van der Waals surface area contributed by atoms with Gasteiger partial charge in [0.05, 0.1) is 12.2 Å². The molecule has 2 rings (SSSR count). The van der Waals surface area contributed by atoms with Crippen molar-refractivity contribution in [3.8, 4) is 11.8 Å². The molecule has 1 aromatic carbocycles. The summed E-state index contributed by atoms with van der Waals surface area (Å²) in [5.41, 5.74) is 0.00770. The molecule has 0 spiro atoms. The van der Waals surface area contributed by atoms with Crippen molar-refractivity contribution >= 4 is 5.78 Å². The fourth-order valence-electron chi connectivity index (χ4n) is 2.19. The van der Waals surface area contributed by atoms with Crippen molar-refractivity contribution in [3.63, 3.8) is 0 Å². The molecule has 1 aliphatic carbocycles. The zero-order chi connectivity index (χ0) is 13.0. The Morgan fingerprint density at radius 2 is 2.33 bits per heavy atom. The number of nitriles is 1. The van der Waals surface area contributed by atoms with Gasteiger partial charge in [-0.3, -0.25) is 4.79 Å². The second-order valence-electron chi connectivity index (χ2n) is 4.45. The molecule has 1 aliphatic rings. The first-order valence-electron chi connectivity index (χ1n) is 6.06. The van der Waals surface area contributed by atoms with Gasteiger partial charge in [-0.25, -0.2) is 4.39 Å². The van der Waals surface area contributed by atoms with Gasteiger partial charge in [-0.1, -0.05) is 0 Å². The van der Waals surface area contributed by atoms with E-state index in [4.69, 9.17) is 10.00 Å². The molecule has 94 valence electrons. The van der Waals surface area contributed by atoms with Gasteiger partial charge in [0.2, 0.25) is 0 Å². The molecule has 0 heterocycles. The third-order valence-corrected chi connectivity index (χ3v) is 3.23. The van der Waals surface area contributed by atoms with Gasteiger partial charge in [-0.2, -0.15) is 5.26 Å². The van der Waals surface area contributed by atoms with E-state index < -0.39 is 5.82 Å². The van der Waals surface area contributed by atoms with Crippen LogP contribution in [0.2, 0.25) is 0 Å². The Balaban J connectivity index is 1.85. The van der Waals surface area contributed by atoms with Crippen LogP contribution in [0.4, 0.5) is 4.39 Å². The predicted octanol–water partition coefficient (Wildman–Crippen LogP) is 2.84. The number of halogens is 1. The Hall–Kier alpha value is -1.89. The number of benzene rings is 1. The van der Waals surface area contributed by atoms with E-state index in [1.165, 1.54) is 12.1 Å². The minimum absolute atomic E-state index is 0.00770. The highest BCUT2D eigenvalue weighted by Crippen LogP contribution is 2.24. The number of carbonyl (C=O) groups excluding carboxylic acids is 1. The molecule has 1 atom stereocenters. The maximum Gasteiger partial charge on any atom is 0.144 e. The van der Waals surface area contributed by atoms with Crippen LogP contribution in [0.1, 0.15) is 31.2 Å². The van der Waals surface area contributed by atoms with Crippen LogP contribution in [0.25, 0.3) is 0 Å². The molecule has 0 bridgehead atoms. The molecule has 0 radical (unpaired) electrons. The van der Waals surface area contributed by atoms with Gasteiger partial charge >= 0.3 is 0 Å². The molecule has 0 aromatic heterocycles. The van der Waals surface area contributed by atoms with E-state index in [1.54, 1.807) is 12.1 Å². The molecule has 4 heteroatoms. The minimum Gasteiger partial charge on any atom is -0.493 e. The maximum atomic E-state index is 13.3. The highest BCUT2D eigenvalue weighted by Gasteiger charge is 2.23. The van der Waals surface area contributed by atoms with Crippen molar-refractivity contribution in [1.29, 1.82) is 5.26 Å².